The van der Waals surface area contributed by atoms with Crippen LogP contribution in [0, 0.1) is 11.8 Å². The molecule has 0 aromatic heterocycles. The molecule has 0 saturated heterocycles. The van der Waals surface area contributed by atoms with Gasteiger partial charge in [-0.05, 0) is 136 Å². The van der Waals surface area contributed by atoms with Gasteiger partial charge in [0.25, 0.3) is 0 Å². The summed E-state index contributed by atoms with van der Waals surface area (Å²) in [4.78, 5) is 2.54. The first kappa shape index (κ1) is 32.7. The van der Waals surface area contributed by atoms with Gasteiger partial charge in [-0.15, -0.1) is 0 Å². The van der Waals surface area contributed by atoms with Crippen molar-refractivity contribution in [1.29, 1.82) is 0 Å². The third kappa shape index (κ3) is 5.58. The average molecular weight is 690 g/mol. The quantitative estimate of drug-likeness (QED) is 0.161. The van der Waals surface area contributed by atoms with Gasteiger partial charge in [-0.25, -0.2) is 0 Å². The van der Waals surface area contributed by atoms with Gasteiger partial charge < -0.3 is 4.90 Å². The fourth-order valence-electron chi connectivity index (χ4n) is 11.2. The fraction of sp³-hybridized carbons (Fsp3) is 0.308. The van der Waals surface area contributed by atoms with E-state index in [4.69, 9.17) is 0 Å². The fourth-order valence-corrected chi connectivity index (χ4v) is 11.2. The Balaban J connectivity index is 1.13. The minimum absolute atomic E-state index is 0.142. The Bertz CT molecular complexity index is 2250. The van der Waals surface area contributed by atoms with Crippen molar-refractivity contribution in [2.75, 3.05) is 4.90 Å². The summed E-state index contributed by atoms with van der Waals surface area (Å²) in [6, 6.07) is 53.4. The molecule has 0 N–H and O–H groups in total. The van der Waals surface area contributed by atoms with E-state index in [1.807, 2.05) is 0 Å². The van der Waals surface area contributed by atoms with Crippen LogP contribution in [0.3, 0.4) is 0 Å². The smallest absolute Gasteiger partial charge is 0.0543 e. The van der Waals surface area contributed by atoms with Crippen LogP contribution in [0.5, 0.6) is 0 Å². The summed E-state index contributed by atoms with van der Waals surface area (Å²) in [6.45, 7) is 4.84. The molecule has 1 nitrogen and oxygen atoms in total. The second kappa shape index (κ2) is 13.2. The van der Waals surface area contributed by atoms with Gasteiger partial charge in [0, 0.05) is 22.4 Å². The van der Waals surface area contributed by atoms with E-state index in [9.17, 15) is 0 Å². The minimum atomic E-state index is -0.142. The first-order chi connectivity index (χ1) is 26.0. The summed E-state index contributed by atoms with van der Waals surface area (Å²) in [5.74, 6) is 3.20. The van der Waals surface area contributed by atoms with Crippen molar-refractivity contribution < 1.29 is 0 Å². The second-order valence-electron chi connectivity index (χ2n) is 17.1. The maximum absolute atomic E-state index is 2.54. The van der Waals surface area contributed by atoms with Crippen LogP contribution in [0.4, 0.5) is 17.1 Å². The zero-order valence-electron chi connectivity index (χ0n) is 31.4. The molecule has 3 fully saturated rings. The van der Waals surface area contributed by atoms with Gasteiger partial charge in [-0.3, -0.25) is 0 Å². The maximum Gasteiger partial charge on any atom is 0.0543 e. The molecule has 6 aromatic rings. The van der Waals surface area contributed by atoms with Crippen LogP contribution in [-0.2, 0) is 5.41 Å². The van der Waals surface area contributed by atoms with Gasteiger partial charge in [0.15, 0.2) is 0 Å². The monoisotopic (exact) mass is 689 g/mol. The third-order valence-corrected chi connectivity index (χ3v) is 13.8. The van der Waals surface area contributed by atoms with Crippen molar-refractivity contribution in [3.05, 3.63) is 162 Å². The topological polar surface area (TPSA) is 3.24 Å². The first-order valence-corrected chi connectivity index (χ1v) is 20.5. The van der Waals surface area contributed by atoms with E-state index in [1.165, 1.54) is 130 Å². The van der Waals surface area contributed by atoms with Gasteiger partial charge in [0.05, 0.1) is 5.69 Å². The molecule has 10 rings (SSSR count). The highest BCUT2D eigenvalue weighted by Gasteiger charge is 2.41. The predicted molar refractivity (Wildman–Crippen MR) is 224 cm³/mol. The van der Waals surface area contributed by atoms with Crippen LogP contribution in [0.2, 0.25) is 0 Å². The molecule has 4 aliphatic carbocycles. The highest BCUT2D eigenvalue weighted by molar-refractivity contribution is 5.97. The second-order valence-corrected chi connectivity index (χ2v) is 17.1. The number of hydrogen-bond acceptors (Lipinski definition) is 1. The number of fused-ring (bicyclic) bond motifs is 5. The summed E-state index contributed by atoms with van der Waals surface area (Å²) in [6.07, 6.45) is 12.3. The van der Waals surface area contributed by atoms with E-state index in [2.05, 4.69) is 158 Å². The van der Waals surface area contributed by atoms with E-state index in [0.717, 1.165) is 17.8 Å². The molecule has 0 amide bonds. The summed E-state index contributed by atoms with van der Waals surface area (Å²) in [5, 5.41) is 0. The average Bonchev–Trinajstić information content (AvgIpc) is 3.92. The van der Waals surface area contributed by atoms with Gasteiger partial charge in [0.1, 0.15) is 0 Å². The molecule has 3 saturated carbocycles. The van der Waals surface area contributed by atoms with Crippen LogP contribution in [0.1, 0.15) is 106 Å². The molecule has 4 aliphatic rings. The number of anilines is 3. The molecule has 0 aliphatic heterocycles. The Morgan fingerprint density at radius 3 is 1.92 bits per heavy atom. The van der Waals surface area contributed by atoms with Gasteiger partial charge in [-0.2, -0.15) is 0 Å². The summed E-state index contributed by atoms with van der Waals surface area (Å²) in [5.41, 5.74) is 17.4. The molecule has 3 unspecified atom stereocenters. The van der Waals surface area contributed by atoms with Crippen molar-refractivity contribution in [1.82, 2.24) is 0 Å². The zero-order chi connectivity index (χ0) is 35.5. The number of rotatable bonds is 7. The lowest BCUT2D eigenvalue weighted by Crippen LogP contribution is -2.19. The van der Waals surface area contributed by atoms with Crippen molar-refractivity contribution >= 4 is 17.1 Å². The summed E-state index contributed by atoms with van der Waals surface area (Å²) < 4.78 is 0. The normalized spacial score (nSPS) is 21.4. The largest absolute Gasteiger partial charge is 0.310 e. The zero-order valence-corrected chi connectivity index (χ0v) is 31.4. The molecule has 0 heterocycles. The Morgan fingerprint density at radius 2 is 1.21 bits per heavy atom. The molecule has 1 heteroatoms. The van der Waals surface area contributed by atoms with Gasteiger partial charge >= 0.3 is 0 Å². The molecular weight excluding hydrogens is 639 g/mol. The van der Waals surface area contributed by atoms with Crippen molar-refractivity contribution in [2.24, 2.45) is 11.8 Å². The Hall–Kier alpha value is -4.88. The van der Waals surface area contributed by atoms with Crippen LogP contribution >= 0.6 is 0 Å². The number of hydrogen-bond donors (Lipinski definition) is 0. The van der Waals surface area contributed by atoms with E-state index >= 15 is 0 Å². The highest BCUT2D eigenvalue weighted by Crippen LogP contribution is 2.57. The molecule has 53 heavy (non-hydrogen) atoms. The van der Waals surface area contributed by atoms with Crippen molar-refractivity contribution in [3.63, 3.8) is 0 Å². The van der Waals surface area contributed by atoms with E-state index in [0.29, 0.717) is 5.92 Å². The molecular formula is C52H51N. The number of nitrogens with zero attached hydrogens (tertiary/aromatic N) is 1. The predicted octanol–water partition coefficient (Wildman–Crippen LogP) is 14.7. The van der Waals surface area contributed by atoms with E-state index < -0.39 is 0 Å². The highest BCUT2D eigenvalue weighted by atomic mass is 15.1. The molecule has 0 radical (unpaired) electrons. The molecule has 264 valence electrons. The Labute approximate surface area is 316 Å². The minimum Gasteiger partial charge on any atom is -0.310 e. The lowest BCUT2D eigenvalue weighted by Gasteiger charge is -2.32. The summed E-state index contributed by atoms with van der Waals surface area (Å²) in [7, 11) is 0. The van der Waals surface area contributed by atoms with Gasteiger partial charge in [-0.1, -0.05) is 149 Å². The van der Waals surface area contributed by atoms with E-state index in [1.54, 1.807) is 0 Å². The van der Waals surface area contributed by atoms with E-state index in [-0.39, 0.29) is 5.41 Å². The third-order valence-electron chi connectivity index (χ3n) is 13.8. The SMILES string of the molecule is CC1(C)c2ccccc2-c2ccc(N(c3ccc(-c4ccccc4C4CCCCC4)cc3)c3ccc(C4CC5CCC4C5)cc3)c(-c3ccccc3)c21. The Morgan fingerprint density at radius 1 is 0.528 bits per heavy atom. The number of benzene rings is 6. The molecule has 3 atom stereocenters. The summed E-state index contributed by atoms with van der Waals surface area (Å²) >= 11 is 0. The van der Waals surface area contributed by atoms with Crippen molar-refractivity contribution in [2.45, 2.75) is 88.9 Å². The maximum atomic E-state index is 2.54. The van der Waals surface area contributed by atoms with Crippen LogP contribution in [0.25, 0.3) is 33.4 Å². The standard InChI is InChI=1S/C52H51N/c1-52(2)48-20-12-11-19-45(48)46-31-32-49(50(51(46)52)39-15-7-4-8-16-39)53(42-29-25-38(26-30-42)47-34-35-21-22-40(47)33-35)41-27-23-37(24-28-41)44-18-10-9-17-43(44)36-13-5-3-6-14-36/h4,7-12,15-20,23-32,35-36,40,47H,3,5-6,13-14,21-22,33-34H2,1-2H3. The lowest BCUT2D eigenvalue weighted by atomic mass is 9.78. The molecule has 0 spiro atoms. The molecule has 2 bridgehead atoms. The lowest BCUT2D eigenvalue weighted by molar-refractivity contribution is 0.420. The Kier molecular flexibility index (Phi) is 8.16. The molecule has 6 aromatic carbocycles. The van der Waals surface area contributed by atoms with Crippen LogP contribution in [0.15, 0.2) is 140 Å². The van der Waals surface area contributed by atoms with Crippen molar-refractivity contribution in [3.8, 4) is 33.4 Å². The van der Waals surface area contributed by atoms with Crippen LogP contribution < -0.4 is 4.90 Å². The van der Waals surface area contributed by atoms with Crippen LogP contribution in [-0.4, -0.2) is 0 Å². The van der Waals surface area contributed by atoms with Gasteiger partial charge in [0.2, 0.25) is 0 Å². The first-order valence-electron chi connectivity index (χ1n) is 20.5.